The van der Waals surface area contributed by atoms with E-state index in [9.17, 15) is 16.8 Å². The van der Waals surface area contributed by atoms with Gasteiger partial charge in [0.15, 0.2) is 0 Å². The van der Waals surface area contributed by atoms with E-state index in [2.05, 4.69) is 9.44 Å². The van der Waals surface area contributed by atoms with Gasteiger partial charge in [-0.25, -0.2) is 13.1 Å². The molecule has 1 heterocycles. The third kappa shape index (κ3) is 4.88. The molecule has 2 N–H and O–H groups in total. The first-order valence-corrected chi connectivity index (χ1v) is 10.0. The van der Waals surface area contributed by atoms with E-state index in [1.165, 1.54) is 38.4 Å². The highest BCUT2D eigenvalue weighted by Gasteiger charge is 2.20. The Labute approximate surface area is 137 Å². The highest BCUT2D eigenvalue weighted by Crippen LogP contribution is 2.17. The standard InChI is InChI=1S/C13H21N3O5S2/c1-16(2)23(19,20)15-11-5-7-13(8-6-11)22(17,18)14-10-12-4-3-9-21-12/h5-8,12,14-15H,3-4,9-10H2,1-2H3. The molecule has 1 saturated heterocycles. The fraction of sp³-hybridized carbons (Fsp3) is 0.538. The summed E-state index contributed by atoms with van der Waals surface area (Å²) in [6.07, 6.45) is 1.69. The van der Waals surface area contributed by atoms with Crippen LogP contribution in [-0.2, 0) is 25.0 Å². The van der Waals surface area contributed by atoms with Crippen molar-refractivity contribution in [2.75, 3.05) is 32.0 Å². The smallest absolute Gasteiger partial charge is 0.301 e. The van der Waals surface area contributed by atoms with Crippen molar-refractivity contribution in [2.45, 2.75) is 23.8 Å². The van der Waals surface area contributed by atoms with E-state index in [1.54, 1.807) is 0 Å². The van der Waals surface area contributed by atoms with E-state index in [0.717, 1.165) is 17.1 Å². The quantitative estimate of drug-likeness (QED) is 0.728. The molecule has 2 rings (SSSR count). The Hall–Kier alpha value is -1.20. The molecule has 0 bridgehead atoms. The SMILES string of the molecule is CN(C)S(=O)(=O)Nc1ccc(S(=O)(=O)NCC2CCCO2)cc1. The fourth-order valence-electron chi connectivity index (χ4n) is 2.03. The first-order valence-electron chi connectivity index (χ1n) is 7.12. The van der Waals surface area contributed by atoms with Gasteiger partial charge in [0.05, 0.1) is 11.0 Å². The molecule has 1 aromatic carbocycles. The average Bonchev–Trinajstić information content (AvgIpc) is 2.98. The van der Waals surface area contributed by atoms with E-state index in [1.807, 2.05) is 0 Å². The van der Waals surface area contributed by atoms with E-state index in [0.29, 0.717) is 6.61 Å². The van der Waals surface area contributed by atoms with Crippen LogP contribution in [0, 0.1) is 0 Å². The summed E-state index contributed by atoms with van der Waals surface area (Å²) in [4.78, 5) is 0.0725. The molecule has 1 aromatic rings. The van der Waals surface area contributed by atoms with Crippen molar-refractivity contribution in [3.63, 3.8) is 0 Å². The lowest BCUT2D eigenvalue weighted by atomic mass is 10.2. The van der Waals surface area contributed by atoms with Crippen LogP contribution in [0.1, 0.15) is 12.8 Å². The number of hydrogen-bond donors (Lipinski definition) is 2. The molecule has 0 aliphatic carbocycles. The van der Waals surface area contributed by atoms with Crippen LogP contribution in [-0.4, -0.2) is 54.5 Å². The molecular formula is C13H21N3O5S2. The molecular weight excluding hydrogens is 342 g/mol. The first-order chi connectivity index (χ1) is 10.7. The highest BCUT2D eigenvalue weighted by atomic mass is 32.2. The maximum absolute atomic E-state index is 12.2. The summed E-state index contributed by atoms with van der Waals surface area (Å²) in [6, 6.07) is 5.51. The molecule has 23 heavy (non-hydrogen) atoms. The van der Waals surface area contributed by atoms with Crippen molar-refractivity contribution in [1.29, 1.82) is 0 Å². The van der Waals surface area contributed by atoms with Crippen LogP contribution in [0.15, 0.2) is 29.2 Å². The minimum absolute atomic E-state index is 0.0725. The minimum atomic E-state index is -3.64. The molecule has 1 atom stereocenters. The zero-order valence-electron chi connectivity index (χ0n) is 13.0. The summed E-state index contributed by atoms with van der Waals surface area (Å²) in [5.74, 6) is 0. The van der Waals surface area contributed by atoms with Crippen molar-refractivity contribution >= 4 is 25.9 Å². The third-order valence-corrected chi connectivity index (χ3v) is 6.31. The second-order valence-electron chi connectivity index (χ2n) is 5.40. The fourth-order valence-corrected chi connectivity index (χ4v) is 3.72. The number of anilines is 1. The lowest BCUT2D eigenvalue weighted by Crippen LogP contribution is -2.32. The topological polar surface area (TPSA) is 105 Å². The molecule has 8 nitrogen and oxygen atoms in total. The average molecular weight is 363 g/mol. The lowest BCUT2D eigenvalue weighted by Gasteiger charge is -2.14. The molecule has 1 aliphatic rings. The minimum Gasteiger partial charge on any atom is -0.377 e. The van der Waals surface area contributed by atoms with Crippen LogP contribution in [0.2, 0.25) is 0 Å². The van der Waals surface area contributed by atoms with Gasteiger partial charge < -0.3 is 4.74 Å². The molecule has 0 aromatic heterocycles. The number of sulfonamides is 1. The summed E-state index contributed by atoms with van der Waals surface area (Å²) in [5, 5.41) is 0. The summed E-state index contributed by atoms with van der Waals surface area (Å²) < 4.78 is 59.0. The number of rotatable bonds is 7. The zero-order valence-corrected chi connectivity index (χ0v) is 14.7. The Morgan fingerprint density at radius 1 is 1.17 bits per heavy atom. The molecule has 0 saturated carbocycles. The van der Waals surface area contributed by atoms with Gasteiger partial charge in [-0.05, 0) is 37.1 Å². The van der Waals surface area contributed by atoms with Gasteiger partial charge in [-0.15, -0.1) is 0 Å². The van der Waals surface area contributed by atoms with Crippen molar-refractivity contribution < 1.29 is 21.6 Å². The molecule has 10 heteroatoms. The molecule has 0 amide bonds. The number of nitrogens with one attached hydrogen (secondary N) is 2. The Balaban J connectivity index is 2.03. The van der Waals surface area contributed by atoms with Gasteiger partial charge >= 0.3 is 10.2 Å². The van der Waals surface area contributed by atoms with Crippen LogP contribution < -0.4 is 9.44 Å². The normalized spacial score (nSPS) is 19.2. The second-order valence-corrected chi connectivity index (χ2v) is 9.05. The number of nitrogens with zero attached hydrogens (tertiary/aromatic N) is 1. The van der Waals surface area contributed by atoms with Crippen LogP contribution >= 0.6 is 0 Å². The maximum Gasteiger partial charge on any atom is 0.301 e. The van der Waals surface area contributed by atoms with Crippen LogP contribution in [0.5, 0.6) is 0 Å². The van der Waals surface area contributed by atoms with Gasteiger partial charge in [0, 0.05) is 32.9 Å². The number of hydrogen-bond acceptors (Lipinski definition) is 5. The second kappa shape index (κ2) is 7.14. The van der Waals surface area contributed by atoms with Gasteiger partial charge in [0.1, 0.15) is 0 Å². The Bertz CT molecular complexity index is 723. The first kappa shape index (κ1) is 18.1. The molecule has 1 aliphatic heterocycles. The summed E-state index contributed by atoms with van der Waals surface area (Å²) >= 11 is 0. The van der Waals surface area contributed by atoms with Crippen molar-refractivity contribution in [1.82, 2.24) is 9.03 Å². The van der Waals surface area contributed by atoms with Gasteiger partial charge in [-0.1, -0.05) is 0 Å². The molecule has 130 valence electrons. The monoisotopic (exact) mass is 363 g/mol. The highest BCUT2D eigenvalue weighted by molar-refractivity contribution is 7.90. The summed E-state index contributed by atoms with van der Waals surface area (Å²) in [7, 11) is -4.46. The number of ether oxygens (including phenoxy) is 1. The molecule has 0 spiro atoms. The summed E-state index contributed by atoms with van der Waals surface area (Å²) in [5.41, 5.74) is 0.289. The van der Waals surface area contributed by atoms with E-state index >= 15 is 0 Å². The van der Waals surface area contributed by atoms with Gasteiger partial charge in [-0.3, -0.25) is 4.72 Å². The lowest BCUT2D eigenvalue weighted by molar-refractivity contribution is 0.114. The molecule has 1 unspecified atom stereocenters. The van der Waals surface area contributed by atoms with Crippen molar-refractivity contribution in [3.8, 4) is 0 Å². The van der Waals surface area contributed by atoms with E-state index in [4.69, 9.17) is 4.74 Å². The van der Waals surface area contributed by atoms with Crippen molar-refractivity contribution in [2.24, 2.45) is 0 Å². The van der Waals surface area contributed by atoms with Crippen LogP contribution in [0.3, 0.4) is 0 Å². The summed E-state index contributed by atoms with van der Waals surface area (Å²) in [6.45, 7) is 0.893. The predicted octanol–water partition coefficient (Wildman–Crippen LogP) is 0.362. The maximum atomic E-state index is 12.2. The Morgan fingerprint density at radius 2 is 1.83 bits per heavy atom. The zero-order chi connectivity index (χ0) is 17.1. The van der Waals surface area contributed by atoms with Gasteiger partial charge in [0.2, 0.25) is 10.0 Å². The van der Waals surface area contributed by atoms with Gasteiger partial charge in [-0.2, -0.15) is 12.7 Å². The van der Waals surface area contributed by atoms with E-state index in [-0.39, 0.29) is 23.2 Å². The molecule has 1 fully saturated rings. The van der Waals surface area contributed by atoms with E-state index < -0.39 is 20.2 Å². The van der Waals surface area contributed by atoms with Crippen molar-refractivity contribution in [3.05, 3.63) is 24.3 Å². The Morgan fingerprint density at radius 3 is 2.35 bits per heavy atom. The van der Waals surface area contributed by atoms with Gasteiger partial charge in [0.25, 0.3) is 0 Å². The van der Waals surface area contributed by atoms with Crippen LogP contribution in [0.25, 0.3) is 0 Å². The Kier molecular flexibility index (Phi) is 5.63. The number of benzene rings is 1. The van der Waals surface area contributed by atoms with Crippen LogP contribution in [0.4, 0.5) is 5.69 Å². The largest absolute Gasteiger partial charge is 0.377 e. The molecule has 0 radical (unpaired) electrons. The predicted molar refractivity (Wildman–Crippen MR) is 86.8 cm³/mol. The third-order valence-electron chi connectivity index (χ3n) is 3.42.